The van der Waals surface area contributed by atoms with Crippen molar-refractivity contribution in [3.63, 3.8) is 0 Å². The molecule has 2 rings (SSSR count). The largest absolute Gasteiger partial charge is 0.483 e. The Morgan fingerprint density at radius 3 is 2.33 bits per heavy atom. The van der Waals surface area contributed by atoms with Gasteiger partial charge in [-0.15, -0.1) is 0 Å². The van der Waals surface area contributed by atoms with Gasteiger partial charge in [0.2, 0.25) is 10.0 Å². The van der Waals surface area contributed by atoms with Crippen LogP contribution in [0.4, 0.5) is 5.69 Å². The van der Waals surface area contributed by atoms with E-state index in [1.165, 1.54) is 6.07 Å². The van der Waals surface area contributed by atoms with Gasteiger partial charge in [-0.05, 0) is 60.6 Å². The SMILES string of the molecule is Cc1cc(S(=O)(=O)NCC(C)C)ccc1OCC(=O)Nc1c(C)cccc1C(C)C. The Morgan fingerprint density at radius 1 is 1.03 bits per heavy atom. The topological polar surface area (TPSA) is 84.5 Å². The van der Waals surface area contributed by atoms with Crippen LogP contribution in [0.1, 0.15) is 50.3 Å². The lowest BCUT2D eigenvalue weighted by molar-refractivity contribution is -0.118. The lowest BCUT2D eigenvalue weighted by Crippen LogP contribution is -2.27. The summed E-state index contributed by atoms with van der Waals surface area (Å²) in [6.07, 6.45) is 0. The highest BCUT2D eigenvalue weighted by Crippen LogP contribution is 2.27. The Bertz CT molecular complexity index is 998. The molecule has 0 atom stereocenters. The minimum Gasteiger partial charge on any atom is -0.483 e. The van der Waals surface area contributed by atoms with Gasteiger partial charge in [0, 0.05) is 12.2 Å². The number of anilines is 1. The second kappa shape index (κ2) is 10.1. The summed E-state index contributed by atoms with van der Waals surface area (Å²) in [6.45, 7) is 12.0. The van der Waals surface area contributed by atoms with Crippen molar-refractivity contribution in [3.05, 3.63) is 53.1 Å². The lowest BCUT2D eigenvalue weighted by atomic mass is 9.98. The molecule has 2 aromatic rings. The smallest absolute Gasteiger partial charge is 0.262 e. The summed E-state index contributed by atoms with van der Waals surface area (Å²) >= 11 is 0. The Kier molecular flexibility index (Phi) is 8.03. The van der Waals surface area contributed by atoms with E-state index in [9.17, 15) is 13.2 Å². The lowest BCUT2D eigenvalue weighted by Gasteiger charge is -2.17. The summed E-state index contributed by atoms with van der Waals surface area (Å²) in [5, 5.41) is 2.94. The molecular formula is C23H32N2O4S. The molecule has 2 N–H and O–H groups in total. The average Bonchev–Trinajstić information content (AvgIpc) is 2.66. The summed E-state index contributed by atoms with van der Waals surface area (Å²) < 4.78 is 33.0. The molecule has 0 aliphatic rings. The van der Waals surface area contributed by atoms with Gasteiger partial charge >= 0.3 is 0 Å². The molecule has 164 valence electrons. The predicted molar refractivity (Wildman–Crippen MR) is 121 cm³/mol. The van der Waals surface area contributed by atoms with Crippen LogP contribution in [0.3, 0.4) is 0 Å². The van der Waals surface area contributed by atoms with Crippen LogP contribution in [-0.2, 0) is 14.8 Å². The van der Waals surface area contributed by atoms with Crippen LogP contribution < -0.4 is 14.8 Å². The van der Waals surface area contributed by atoms with Crippen LogP contribution in [0.15, 0.2) is 41.3 Å². The van der Waals surface area contributed by atoms with Crippen molar-refractivity contribution in [2.24, 2.45) is 5.92 Å². The molecule has 2 aromatic carbocycles. The number of rotatable bonds is 9. The van der Waals surface area contributed by atoms with E-state index in [4.69, 9.17) is 4.74 Å². The monoisotopic (exact) mass is 432 g/mol. The van der Waals surface area contributed by atoms with E-state index in [1.807, 2.05) is 39.0 Å². The molecular weight excluding hydrogens is 400 g/mol. The summed E-state index contributed by atoms with van der Waals surface area (Å²) in [4.78, 5) is 12.6. The third-order valence-corrected chi connectivity index (χ3v) is 6.11. The molecule has 6 nitrogen and oxygen atoms in total. The number of benzene rings is 2. The summed E-state index contributed by atoms with van der Waals surface area (Å²) in [6, 6.07) is 10.6. The summed E-state index contributed by atoms with van der Waals surface area (Å²) in [7, 11) is -3.57. The van der Waals surface area contributed by atoms with Gasteiger partial charge in [0.05, 0.1) is 4.90 Å². The zero-order valence-corrected chi connectivity index (χ0v) is 19.4. The van der Waals surface area contributed by atoms with E-state index < -0.39 is 10.0 Å². The van der Waals surface area contributed by atoms with E-state index >= 15 is 0 Å². The van der Waals surface area contributed by atoms with Crippen LogP contribution >= 0.6 is 0 Å². The number of carbonyl (C=O) groups excluding carboxylic acids is 1. The molecule has 0 aromatic heterocycles. The van der Waals surface area contributed by atoms with E-state index in [0.29, 0.717) is 17.9 Å². The predicted octanol–water partition coefficient (Wildman–Crippen LogP) is 4.38. The molecule has 0 spiro atoms. The van der Waals surface area contributed by atoms with Crippen molar-refractivity contribution in [2.75, 3.05) is 18.5 Å². The molecule has 0 heterocycles. The van der Waals surface area contributed by atoms with Crippen LogP contribution in [0.25, 0.3) is 0 Å². The normalized spacial score (nSPS) is 11.7. The zero-order chi connectivity index (χ0) is 22.5. The zero-order valence-electron chi connectivity index (χ0n) is 18.6. The van der Waals surface area contributed by atoms with Crippen molar-refractivity contribution in [1.29, 1.82) is 0 Å². The number of hydrogen-bond donors (Lipinski definition) is 2. The van der Waals surface area contributed by atoms with Gasteiger partial charge in [0.1, 0.15) is 5.75 Å². The molecule has 30 heavy (non-hydrogen) atoms. The van der Waals surface area contributed by atoms with E-state index in [-0.39, 0.29) is 29.2 Å². The number of aryl methyl sites for hydroxylation is 2. The van der Waals surface area contributed by atoms with Gasteiger partial charge in [-0.25, -0.2) is 13.1 Å². The molecule has 0 radical (unpaired) electrons. The fourth-order valence-electron chi connectivity index (χ4n) is 2.97. The van der Waals surface area contributed by atoms with Crippen molar-refractivity contribution >= 4 is 21.6 Å². The van der Waals surface area contributed by atoms with E-state index in [2.05, 4.69) is 23.9 Å². The van der Waals surface area contributed by atoms with E-state index in [1.54, 1.807) is 19.1 Å². The van der Waals surface area contributed by atoms with Crippen LogP contribution in [0, 0.1) is 19.8 Å². The Hall–Kier alpha value is -2.38. The first-order chi connectivity index (χ1) is 14.0. The van der Waals surface area contributed by atoms with Crippen molar-refractivity contribution in [1.82, 2.24) is 4.72 Å². The van der Waals surface area contributed by atoms with Gasteiger partial charge in [-0.1, -0.05) is 45.9 Å². The summed E-state index contributed by atoms with van der Waals surface area (Å²) in [5.41, 5.74) is 3.53. The molecule has 1 amide bonds. The van der Waals surface area contributed by atoms with Gasteiger partial charge < -0.3 is 10.1 Å². The fraction of sp³-hybridized carbons (Fsp3) is 0.435. The quantitative estimate of drug-likeness (QED) is 0.616. The summed E-state index contributed by atoms with van der Waals surface area (Å²) in [5.74, 6) is 0.705. The number of hydrogen-bond acceptors (Lipinski definition) is 4. The highest BCUT2D eigenvalue weighted by Gasteiger charge is 2.17. The first-order valence-corrected chi connectivity index (χ1v) is 11.6. The standard InChI is InChI=1S/C23H32N2O4S/c1-15(2)13-24-30(27,28)19-10-11-21(18(6)12-19)29-14-22(26)25-23-17(5)8-7-9-20(23)16(3)4/h7-12,15-16,24H,13-14H2,1-6H3,(H,25,26). The maximum atomic E-state index is 12.5. The maximum absolute atomic E-state index is 12.5. The number of carbonyl (C=O) groups is 1. The molecule has 7 heteroatoms. The molecule has 0 saturated heterocycles. The van der Waals surface area contributed by atoms with Crippen molar-refractivity contribution in [3.8, 4) is 5.75 Å². The molecule has 0 bridgehead atoms. The third-order valence-electron chi connectivity index (χ3n) is 4.69. The molecule has 0 fully saturated rings. The molecule has 0 aliphatic heterocycles. The number of amides is 1. The van der Waals surface area contributed by atoms with Crippen molar-refractivity contribution in [2.45, 2.75) is 52.4 Å². The Balaban J connectivity index is 2.06. The Morgan fingerprint density at radius 2 is 1.73 bits per heavy atom. The van der Waals surface area contributed by atoms with Gasteiger partial charge in [0.25, 0.3) is 5.91 Å². The molecule has 0 saturated carbocycles. The molecule has 0 unspecified atom stereocenters. The van der Waals surface area contributed by atoms with Crippen LogP contribution in [-0.4, -0.2) is 27.5 Å². The van der Waals surface area contributed by atoms with Crippen molar-refractivity contribution < 1.29 is 17.9 Å². The first kappa shape index (κ1) is 23.9. The number of nitrogens with one attached hydrogen (secondary N) is 2. The van der Waals surface area contributed by atoms with Crippen LogP contribution in [0.2, 0.25) is 0 Å². The number of ether oxygens (including phenoxy) is 1. The highest BCUT2D eigenvalue weighted by atomic mass is 32.2. The molecule has 0 aliphatic carbocycles. The second-order valence-electron chi connectivity index (χ2n) is 8.20. The van der Waals surface area contributed by atoms with Gasteiger partial charge in [0.15, 0.2) is 6.61 Å². The minimum atomic E-state index is -3.57. The van der Waals surface area contributed by atoms with Crippen LogP contribution in [0.5, 0.6) is 5.75 Å². The Labute approximate surface area is 180 Å². The van der Waals surface area contributed by atoms with Gasteiger partial charge in [-0.2, -0.15) is 0 Å². The van der Waals surface area contributed by atoms with Gasteiger partial charge in [-0.3, -0.25) is 4.79 Å². The average molecular weight is 433 g/mol. The maximum Gasteiger partial charge on any atom is 0.262 e. The number of sulfonamides is 1. The first-order valence-electron chi connectivity index (χ1n) is 10.1. The highest BCUT2D eigenvalue weighted by molar-refractivity contribution is 7.89. The minimum absolute atomic E-state index is 0.162. The number of para-hydroxylation sites is 1. The third kappa shape index (κ3) is 6.31. The van der Waals surface area contributed by atoms with E-state index in [0.717, 1.165) is 16.8 Å². The fourth-order valence-corrected chi connectivity index (χ4v) is 4.27. The second-order valence-corrected chi connectivity index (χ2v) is 9.97.